The van der Waals surface area contributed by atoms with E-state index in [4.69, 9.17) is 0 Å². The molecular weight excluding hydrogens is 420 g/mol. The van der Waals surface area contributed by atoms with Crippen LogP contribution in [0.4, 0.5) is 14.5 Å². The van der Waals surface area contributed by atoms with Crippen LogP contribution in [0.3, 0.4) is 0 Å². The van der Waals surface area contributed by atoms with Gasteiger partial charge in [0.05, 0.1) is 23.4 Å². The number of nitrogens with one attached hydrogen (secondary N) is 2. The second-order valence-electron chi connectivity index (χ2n) is 8.36. The summed E-state index contributed by atoms with van der Waals surface area (Å²) in [5.41, 5.74) is 0.207. The van der Waals surface area contributed by atoms with E-state index >= 15 is 0 Å². The molecule has 1 heterocycles. The number of nitrogens with zero attached hydrogens (tertiary/aromatic N) is 1. The van der Waals surface area contributed by atoms with E-state index in [2.05, 4.69) is 10.6 Å². The van der Waals surface area contributed by atoms with E-state index in [1.165, 1.54) is 10.6 Å². The van der Waals surface area contributed by atoms with Crippen molar-refractivity contribution in [1.29, 1.82) is 0 Å². The van der Waals surface area contributed by atoms with Gasteiger partial charge in [0.25, 0.3) is 17.6 Å². The molecule has 1 aliphatic carbocycles. The normalized spacial score (nSPS) is 15.3. The van der Waals surface area contributed by atoms with Crippen LogP contribution in [0.15, 0.2) is 18.2 Å². The van der Waals surface area contributed by atoms with Crippen molar-refractivity contribution in [3.8, 4) is 0 Å². The predicted octanol–water partition coefficient (Wildman–Crippen LogP) is 3.17. The van der Waals surface area contributed by atoms with Crippen LogP contribution >= 0.6 is 0 Å². The van der Waals surface area contributed by atoms with Crippen LogP contribution in [0, 0.1) is 25.5 Å². The Balaban J connectivity index is 1.86. The van der Waals surface area contributed by atoms with Crippen LogP contribution < -0.4 is 10.6 Å². The van der Waals surface area contributed by atoms with Gasteiger partial charge in [0.2, 0.25) is 0 Å². The molecule has 172 valence electrons. The molecule has 32 heavy (non-hydrogen) atoms. The van der Waals surface area contributed by atoms with Gasteiger partial charge in [-0.25, -0.2) is 8.78 Å². The second-order valence-corrected chi connectivity index (χ2v) is 8.36. The van der Waals surface area contributed by atoms with Crippen molar-refractivity contribution in [2.24, 2.45) is 7.05 Å². The number of carbonyl (C=O) groups excluding carboxylic acids is 3. The summed E-state index contributed by atoms with van der Waals surface area (Å²) in [4.78, 5) is 38.6. The van der Waals surface area contributed by atoms with Crippen molar-refractivity contribution in [2.45, 2.75) is 51.5 Å². The molecule has 0 bridgehead atoms. The molecule has 1 fully saturated rings. The van der Waals surface area contributed by atoms with Crippen molar-refractivity contribution < 1.29 is 28.3 Å². The summed E-state index contributed by atoms with van der Waals surface area (Å²) in [7, 11) is 1.57. The summed E-state index contributed by atoms with van der Waals surface area (Å²) in [6.07, 6.45) is 3.90. The number of aliphatic hydroxyl groups excluding tert-OH is 1. The quantitative estimate of drug-likeness (QED) is 0.468. The molecule has 2 amide bonds. The number of ketones is 1. The first kappa shape index (κ1) is 23.6. The van der Waals surface area contributed by atoms with E-state index in [1.54, 1.807) is 20.9 Å². The van der Waals surface area contributed by atoms with Gasteiger partial charge in [-0.1, -0.05) is 19.3 Å². The molecule has 0 radical (unpaired) electrons. The Kier molecular flexibility index (Phi) is 6.78. The molecule has 0 unspecified atom stereocenters. The summed E-state index contributed by atoms with van der Waals surface area (Å²) >= 11 is 0. The highest BCUT2D eigenvalue weighted by atomic mass is 19.2. The third-order valence-corrected chi connectivity index (χ3v) is 6.25. The minimum atomic E-state index is -1.10. The summed E-state index contributed by atoms with van der Waals surface area (Å²) < 4.78 is 28.1. The van der Waals surface area contributed by atoms with Crippen molar-refractivity contribution >= 4 is 23.3 Å². The number of amides is 2. The number of anilines is 1. The molecule has 2 aromatic rings. The maximum atomic E-state index is 13.5. The molecule has 1 saturated carbocycles. The highest BCUT2D eigenvalue weighted by Crippen LogP contribution is 2.28. The summed E-state index contributed by atoms with van der Waals surface area (Å²) in [5, 5.41) is 15.0. The maximum absolute atomic E-state index is 13.5. The molecule has 3 rings (SSSR count). The Labute approximate surface area is 184 Å². The molecule has 0 aliphatic heterocycles. The van der Waals surface area contributed by atoms with Gasteiger partial charge in [-0.3, -0.25) is 14.4 Å². The first-order valence-electron chi connectivity index (χ1n) is 10.5. The van der Waals surface area contributed by atoms with Crippen LogP contribution in [0.1, 0.15) is 64.2 Å². The third-order valence-electron chi connectivity index (χ3n) is 6.25. The predicted molar refractivity (Wildman–Crippen MR) is 115 cm³/mol. The molecule has 1 aliphatic rings. The lowest BCUT2D eigenvalue weighted by Gasteiger charge is -2.36. The maximum Gasteiger partial charge on any atom is 0.294 e. The Morgan fingerprint density at radius 3 is 2.34 bits per heavy atom. The largest absolute Gasteiger partial charge is 0.394 e. The van der Waals surface area contributed by atoms with Gasteiger partial charge in [0, 0.05) is 24.5 Å². The average Bonchev–Trinajstić information content (AvgIpc) is 2.99. The minimum absolute atomic E-state index is 0.0549. The highest BCUT2D eigenvalue weighted by molar-refractivity contribution is 6.43. The third kappa shape index (κ3) is 4.43. The average molecular weight is 447 g/mol. The standard InChI is InChI=1S/C23H27F2N3O4/c1-13-18(21(31)26-15-7-8-16(24)17(25)11-15)14(2)28(3)19(13)20(30)22(32)27-23(12-29)9-5-4-6-10-23/h7-8,11,29H,4-6,9-10,12H2,1-3H3,(H,26,31)(H,27,32). The van der Waals surface area contributed by atoms with Gasteiger partial charge in [0.15, 0.2) is 11.6 Å². The zero-order valence-electron chi connectivity index (χ0n) is 18.3. The SMILES string of the molecule is Cc1c(C(=O)Nc2ccc(F)c(F)c2)c(C)n(C)c1C(=O)C(=O)NC1(CO)CCCCC1. The van der Waals surface area contributed by atoms with Crippen LogP contribution in [0.25, 0.3) is 0 Å². The van der Waals surface area contributed by atoms with Crippen LogP contribution in [0.2, 0.25) is 0 Å². The number of aliphatic hydroxyl groups is 1. The molecular formula is C23H27F2N3O4. The molecule has 9 heteroatoms. The van der Waals surface area contributed by atoms with Gasteiger partial charge in [-0.05, 0) is 44.4 Å². The fourth-order valence-electron chi connectivity index (χ4n) is 4.36. The van der Waals surface area contributed by atoms with E-state index in [-0.39, 0.29) is 23.6 Å². The van der Waals surface area contributed by atoms with Gasteiger partial charge in [-0.2, -0.15) is 0 Å². The van der Waals surface area contributed by atoms with E-state index in [9.17, 15) is 28.3 Å². The molecule has 1 aromatic heterocycles. The van der Waals surface area contributed by atoms with E-state index < -0.39 is 34.8 Å². The van der Waals surface area contributed by atoms with Crippen LogP contribution in [-0.2, 0) is 11.8 Å². The molecule has 7 nitrogen and oxygen atoms in total. The molecule has 0 atom stereocenters. The number of aromatic nitrogens is 1. The topological polar surface area (TPSA) is 100 Å². The first-order chi connectivity index (χ1) is 15.1. The van der Waals surface area contributed by atoms with Gasteiger partial charge >= 0.3 is 0 Å². The van der Waals surface area contributed by atoms with Gasteiger partial charge < -0.3 is 20.3 Å². The van der Waals surface area contributed by atoms with E-state index in [0.29, 0.717) is 24.1 Å². The Bertz CT molecular complexity index is 1070. The lowest BCUT2D eigenvalue weighted by Crippen LogP contribution is -2.54. The molecule has 0 saturated heterocycles. The number of hydrogen-bond acceptors (Lipinski definition) is 4. The zero-order chi connectivity index (χ0) is 23.6. The Morgan fingerprint density at radius 1 is 1.09 bits per heavy atom. The van der Waals surface area contributed by atoms with E-state index in [0.717, 1.165) is 31.4 Å². The number of rotatable bonds is 6. The summed E-state index contributed by atoms with van der Waals surface area (Å²) in [5.74, 6) is -4.39. The van der Waals surface area contributed by atoms with Gasteiger partial charge in [-0.15, -0.1) is 0 Å². The fraction of sp³-hybridized carbons (Fsp3) is 0.435. The van der Waals surface area contributed by atoms with Crippen molar-refractivity contribution in [1.82, 2.24) is 9.88 Å². The van der Waals surface area contributed by atoms with Crippen molar-refractivity contribution in [2.75, 3.05) is 11.9 Å². The number of hydrogen-bond donors (Lipinski definition) is 3. The monoisotopic (exact) mass is 447 g/mol. The van der Waals surface area contributed by atoms with Crippen molar-refractivity contribution in [3.05, 3.63) is 52.3 Å². The zero-order valence-corrected chi connectivity index (χ0v) is 18.3. The smallest absolute Gasteiger partial charge is 0.294 e. The molecule has 1 aromatic carbocycles. The number of Topliss-reactive ketones (excluding diaryl/α,β-unsaturated/α-hetero) is 1. The summed E-state index contributed by atoms with van der Waals surface area (Å²) in [6, 6.07) is 2.98. The lowest BCUT2D eigenvalue weighted by molar-refractivity contribution is -0.120. The molecule has 0 spiro atoms. The fourth-order valence-corrected chi connectivity index (χ4v) is 4.36. The van der Waals surface area contributed by atoms with Crippen LogP contribution in [0.5, 0.6) is 0 Å². The second kappa shape index (κ2) is 9.20. The lowest BCUT2D eigenvalue weighted by atomic mass is 9.82. The Hall–Kier alpha value is -3.07. The number of benzene rings is 1. The number of carbonyl (C=O) groups is 3. The molecule has 3 N–H and O–H groups in total. The van der Waals surface area contributed by atoms with Crippen LogP contribution in [-0.4, -0.2) is 39.4 Å². The highest BCUT2D eigenvalue weighted by Gasteiger charge is 2.36. The van der Waals surface area contributed by atoms with Gasteiger partial charge in [0.1, 0.15) is 0 Å². The first-order valence-corrected chi connectivity index (χ1v) is 10.5. The Morgan fingerprint density at radius 2 is 1.75 bits per heavy atom. The summed E-state index contributed by atoms with van der Waals surface area (Å²) in [6.45, 7) is 2.92. The van der Waals surface area contributed by atoms with E-state index in [1.807, 2.05) is 0 Å². The number of halogens is 2. The minimum Gasteiger partial charge on any atom is -0.394 e. The van der Waals surface area contributed by atoms with Crippen molar-refractivity contribution in [3.63, 3.8) is 0 Å².